The standard InChI is InChI=1S/C17H17NO5/c1-11-5-6-13(8-12(11)2)14(19)10-23-16(20)9-18-17(21)15-4-3-7-22-15/h3-8H,9-10H2,1-2H3,(H,18,21). The van der Waals surface area contributed by atoms with Gasteiger partial charge in [0.1, 0.15) is 6.54 Å². The predicted molar refractivity (Wildman–Crippen MR) is 82.2 cm³/mol. The molecule has 1 amide bonds. The van der Waals surface area contributed by atoms with Crippen LogP contribution in [0, 0.1) is 13.8 Å². The molecular weight excluding hydrogens is 298 g/mol. The molecule has 120 valence electrons. The Morgan fingerprint density at radius 3 is 2.57 bits per heavy atom. The van der Waals surface area contributed by atoms with Crippen LogP contribution in [0.25, 0.3) is 0 Å². The average molecular weight is 315 g/mol. The van der Waals surface area contributed by atoms with Crippen LogP contribution in [0.1, 0.15) is 32.0 Å². The summed E-state index contributed by atoms with van der Waals surface area (Å²) in [5.74, 6) is -1.41. The molecule has 0 fully saturated rings. The van der Waals surface area contributed by atoms with Crippen LogP contribution in [0.15, 0.2) is 41.0 Å². The molecule has 6 heteroatoms. The van der Waals surface area contributed by atoms with Crippen LogP contribution < -0.4 is 5.32 Å². The Bertz CT molecular complexity index is 719. The first-order valence-corrected chi connectivity index (χ1v) is 7.05. The molecule has 2 aromatic rings. The molecule has 1 aromatic carbocycles. The first kappa shape index (κ1) is 16.5. The number of amides is 1. The van der Waals surface area contributed by atoms with E-state index in [-0.39, 0.29) is 24.7 Å². The number of hydrogen-bond donors (Lipinski definition) is 1. The van der Waals surface area contributed by atoms with Gasteiger partial charge in [0.05, 0.1) is 6.26 Å². The fourth-order valence-corrected chi connectivity index (χ4v) is 1.84. The van der Waals surface area contributed by atoms with Crippen LogP contribution in [-0.4, -0.2) is 30.8 Å². The maximum atomic E-state index is 12.0. The van der Waals surface area contributed by atoms with E-state index in [0.717, 1.165) is 11.1 Å². The summed E-state index contributed by atoms with van der Waals surface area (Å²) in [7, 11) is 0. The summed E-state index contributed by atoms with van der Waals surface area (Å²) in [6.45, 7) is 3.16. The molecule has 0 bridgehead atoms. The average Bonchev–Trinajstić information content (AvgIpc) is 3.07. The number of Topliss-reactive ketones (excluding diaryl/α,β-unsaturated/α-hetero) is 1. The molecule has 0 spiro atoms. The summed E-state index contributed by atoms with van der Waals surface area (Å²) in [5, 5.41) is 2.35. The third kappa shape index (κ3) is 4.54. The Balaban J connectivity index is 1.78. The smallest absolute Gasteiger partial charge is 0.325 e. The van der Waals surface area contributed by atoms with Gasteiger partial charge in [-0.1, -0.05) is 12.1 Å². The van der Waals surface area contributed by atoms with Gasteiger partial charge in [-0.05, 0) is 43.2 Å². The largest absolute Gasteiger partial charge is 0.459 e. The van der Waals surface area contributed by atoms with Gasteiger partial charge in [-0.2, -0.15) is 0 Å². The zero-order chi connectivity index (χ0) is 16.8. The predicted octanol–water partition coefficient (Wildman–Crippen LogP) is 2.05. The van der Waals surface area contributed by atoms with Crippen molar-refractivity contribution in [1.82, 2.24) is 5.32 Å². The van der Waals surface area contributed by atoms with Gasteiger partial charge < -0.3 is 14.5 Å². The van der Waals surface area contributed by atoms with E-state index in [4.69, 9.17) is 9.15 Å². The Hall–Kier alpha value is -2.89. The monoisotopic (exact) mass is 315 g/mol. The van der Waals surface area contributed by atoms with Gasteiger partial charge in [0, 0.05) is 5.56 Å². The molecule has 1 heterocycles. The van der Waals surface area contributed by atoms with Crippen molar-refractivity contribution in [2.24, 2.45) is 0 Å². The zero-order valence-corrected chi connectivity index (χ0v) is 12.9. The molecule has 1 aromatic heterocycles. The van der Waals surface area contributed by atoms with Crippen molar-refractivity contribution < 1.29 is 23.5 Å². The number of ether oxygens (including phenoxy) is 1. The molecule has 1 N–H and O–H groups in total. The van der Waals surface area contributed by atoms with Crippen molar-refractivity contribution in [3.8, 4) is 0 Å². The second-order valence-corrected chi connectivity index (χ2v) is 5.04. The minimum atomic E-state index is -0.693. The van der Waals surface area contributed by atoms with Gasteiger partial charge in [0.15, 0.2) is 18.2 Å². The maximum absolute atomic E-state index is 12.0. The van der Waals surface area contributed by atoms with Crippen LogP contribution in [0.5, 0.6) is 0 Å². The summed E-state index contributed by atoms with van der Waals surface area (Å²) in [6.07, 6.45) is 1.36. The van der Waals surface area contributed by atoms with E-state index in [1.807, 2.05) is 19.9 Å². The van der Waals surface area contributed by atoms with Crippen LogP contribution in [0.4, 0.5) is 0 Å². The lowest BCUT2D eigenvalue weighted by Crippen LogP contribution is -2.31. The highest BCUT2D eigenvalue weighted by Crippen LogP contribution is 2.10. The van der Waals surface area contributed by atoms with Crippen molar-refractivity contribution in [3.05, 3.63) is 59.0 Å². The first-order valence-electron chi connectivity index (χ1n) is 7.05. The third-order valence-corrected chi connectivity index (χ3v) is 3.33. The highest BCUT2D eigenvalue weighted by Gasteiger charge is 2.13. The van der Waals surface area contributed by atoms with E-state index >= 15 is 0 Å². The number of carbonyl (C=O) groups is 3. The molecule has 0 saturated carbocycles. The lowest BCUT2D eigenvalue weighted by Gasteiger charge is -2.07. The number of rotatable bonds is 6. The fraction of sp³-hybridized carbons (Fsp3) is 0.235. The van der Waals surface area contributed by atoms with Gasteiger partial charge in [-0.3, -0.25) is 14.4 Å². The van der Waals surface area contributed by atoms with Gasteiger partial charge in [0.25, 0.3) is 5.91 Å². The van der Waals surface area contributed by atoms with Crippen LogP contribution in [0.3, 0.4) is 0 Å². The van der Waals surface area contributed by atoms with Crippen molar-refractivity contribution >= 4 is 17.7 Å². The van der Waals surface area contributed by atoms with Crippen molar-refractivity contribution in [2.75, 3.05) is 13.2 Å². The number of aryl methyl sites for hydroxylation is 2. The van der Waals surface area contributed by atoms with E-state index in [1.165, 1.54) is 12.3 Å². The molecule has 0 aliphatic carbocycles. The summed E-state index contributed by atoms with van der Waals surface area (Å²) in [5.41, 5.74) is 2.56. The quantitative estimate of drug-likeness (QED) is 0.651. The number of carbonyl (C=O) groups excluding carboxylic acids is 3. The van der Waals surface area contributed by atoms with Gasteiger partial charge >= 0.3 is 5.97 Å². The molecule has 0 atom stereocenters. The van der Waals surface area contributed by atoms with Gasteiger partial charge in [-0.15, -0.1) is 0 Å². The van der Waals surface area contributed by atoms with Gasteiger partial charge in [0.2, 0.25) is 0 Å². The summed E-state index contributed by atoms with van der Waals surface area (Å²) >= 11 is 0. The fourth-order valence-electron chi connectivity index (χ4n) is 1.84. The normalized spacial score (nSPS) is 10.2. The number of benzene rings is 1. The molecule has 0 aliphatic heterocycles. The Labute approximate surface area is 133 Å². The van der Waals surface area contributed by atoms with E-state index < -0.39 is 11.9 Å². The van der Waals surface area contributed by atoms with E-state index in [2.05, 4.69) is 5.32 Å². The maximum Gasteiger partial charge on any atom is 0.325 e. The molecule has 0 radical (unpaired) electrons. The van der Waals surface area contributed by atoms with Crippen LogP contribution in [0.2, 0.25) is 0 Å². The number of hydrogen-bond acceptors (Lipinski definition) is 5. The number of ketones is 1. The van der Waals surface area contributed by atoms with E-state index in [0.29, 0.717) is 5.56 Å². The second-order valence-electron chi connectivity index (χ2n) is 5.04. The van der Waals surface area contributed by atoms with Gasteiger partial charge in [-0.25, -0.2) is 0 Å². The molecule has 0 aliphatic rings. The number of nitrogens with one attached hydrogen (secondary N) is 1. The Morgan fingerprint density at radius 1 is 1.13 bits per heavy atom. The Kier molecular flexibility index (Phi) is 5.30. The zero-order valence-electron chi connectivity index (χ0n) is 12.9. The summed E-state index contributed by atoms with van der Waals surface area (Å²) in [6, 6.07) is 8.33. The van der Waals surface area contributed by atoms with E-state index in [1.54, 1.807) is 18.2 Å². The van der Waals surface area contributed by atoms with Crippen LogP contribution >= 0.6 is 0 Å². The lowest BCUT2D eigenvalue weighted by atomic mass is 10.0. The summed E-state index contributed by atoms with van der Waals surface area (Å²) < 4.78 is 9.75. The van der Waals surface area contributed by atoms with Crippen molar-refractivity contribution in [3.63, 3.8) is 0 Å². The van der Waals surface area contributed by atoms with Crippen molar-refractivity contribution in [2.45, 2.75) is 13.8 Å². The number of furan rings is 1. The number of esters is 1. The molecule has 6 nitrogen and oxygen atoms in total. The van der Waals surface area contributed by atoms with Crippen LogP contribution in [-0.2, 0) is 9.53 Å². The molecule has 0 unspecified atom stereocenters. The minimum Gasteiger partial charge on any atom is -0.459 e. The summed E-state index contributed by atoms with van der Waals surface area (Å²) in [4.78, 5) is 35.1. The third-order valence-electron chi connectivity index (χ3n) is 3.33. The highest BCUT2D eigenvalue weighted by molar-refractivity contribution is 5.98. The topological polar surface area (TPSA) is 85.6 Å². The Morgan fingerprint density at radius 2 is 1.91 bits per heavy atom. The SMILES string of the molecule is Cc1ccc(C(=O)COC(=O)CNC(=O)c2ccco2)cc1C. The molecule has 23 heavy (non-hydrogen) atoms. The minimum absolute atomic E-state index is 0.101. The lowest BCUT2D eigenvalue weighted by molar-refractivity contribution is -0.141. The van der Waals surface area contributed by atoms with Crippen molar-refractivity contribution in [1.29, 1.82) is 0 Å². The second kappa shape index (κ2) is 7.40. The van der Waals surface area contributed by atoms with E-state index in [9.17, 15) is 14.4 Å². The highest BCUT2D eigenvalue weighted by atomic mass is 16.5. The molecular formula is C17H17NO5. The first-order chi connectivity index (χ1) is 11.0. The molecule has 2 rings (SSSR count). The molecule has 0 saturated heterocycles.